The molecular formula is C8H17NOS2. The highest BCUT2D eigenvalue weighted by molar-refractivity contribution is 8.14. The van der Waals surface area contributed by atoms with Crippen molar-refractivity contribution in [2.45, 2.75) is 31.6 Å². The van der Waals surface area contributed by atoms with E-state index in [-0.39, 0.29) is 11.2 Å². The monoisotopic (exact) mass is 207 g/mol. The number of hydrogen-bond donors (Lipinski definition) is 1. The Labute approximate surface area is 83.0 Å². The third kappa shape index (κ3) is 5.91. The molecule has 0 heterocycles. The van der Waals surface area contributed by atoms with Crippen LogP contribution in [0.1, 0.15) is 20.3 Å². The van der Waals surface area contributed by atoms with Crippen molar-refractivity contribution in [1.29, 1.82) is 0 Å². The lowest BCUT2D eigenvalue weighted by atomic mass is 10.3. The molecule has 0 saturated heterocycles. The van der Waals surface area contributed by atoms with Crippen LogP contribution >= 0.6 is 23.5 Å². The Morgan fingerprint density at radius 3 is 2.50 bits per heavy atom. The summed E-state index contributed by atoms with van der Waals surface area (Å²) in [6, 6.07) is -0.273. The van der Waals surface area contributed by atoms with Crippen LogP contribution in [-0.4, -0.2) is 28.4 Å². The van der Waals surface area contributed by atoms with Gasteiger partial charge in [-0.3, -0.25) is 4.79 Å². The van der Waals surface area contributed by atoms with Crippen LogP contribution in [0.5, 0.6) is 0 Å². The fourth-order valence-corrected chi connectivity index (χ4v) is 1.93. The second-order valence-electron chi connectivity index (χ2n) is 2.87. The minimum absolute atomic E-state index is 0.124. The number of nitrogens with two attached hydrogens (primary N) is 1. The summed E-state index contributed by atoms with van der Waals surface area (Å²) in [5.74, 6) is 0.964. The Bertz CT molecular complexity index is 139. The van der Waals surface area contributed by atoms with Crippen molar-refractivity contribution in [3.63, 3.8) is 0 Å². The van der Waals surface area contributed by atoms with E-state index in [0.717, 1.165) is 12.2 Å². The minimum atomic E-state index is -0.273. The molecule has 0 aromatic rings. The Balaban J connectivity index is 3.61. The Morgan fingerprint density at radius 2 is 2.08 bits per heavy atom. The van der Waals surface area contributed by atoms with Crippen molar-refractivity contribution in [1.82, 2.24) is 0 Å². The summed E-state index contributed by atoms with van der Waals surface area (Å²) < 4.78 is 0. The van der Waals surface area contributed by atoms with Crippen molar-refractivity contribution in [3.8, 4) is 0 Å². The van der Waals surface area contributed by atoms with Gasteiger partial charge in [-0.2, -0.15) is 11.8 Å². The van der Waals surface area contributed by atoms with E-state index in [2.05, 4.69) is 0 Å². The van der Waals surface area contributed by atoms with Crippen LogP contribution in [-0.2, 0) is 4.79 Å². The second kappa shape index (κ2) is 6.80. The summed E-state index contributed by atoms with van der Waals surface area (Å²) in [4.78, 5) is 11.3. The number of carbonyl (C=O) groups is 1. The maximum Gasteiger partial charge on any atom is 0.205 e. The van der Waals surface area contributed by atoms with E-state index in [4.69, 9.17) is 5.73 Å². The van der Waals surface area contributed by atoms with Gasteiger partial charge in [0.05, 0.1) is 6.04 Å². The quantitative estimate of drug-likeness (QED) is 0.745. The first-order chi connectivity index (χ1) is 5.57. The fraction of sp³-hybridized carbons (Fsp3) is 0.875. The molecule has 0 aliphatic heterocycles. The summed E-state index contributed by atoms with van der Waals surface area (Å²) in [5.41, 5.74) is 5.67. The number of carbonyl (C=O) groups excluding carboxylic acids is 1. The van der Waals surface area contributed by atoms with Gasteiger partial charge in [0.2, 0.25) is 5.12 Å². The number of hydrogen-bond acceptors (Lipinski definition) is 4. The lowest BCUT2D eigenvalue weighted by Gasteiger charge is -2.10. The highest BCUT2D eigenvalue weighted by Crippen LogP contribution is 2.14. The van der Waals surface area contributed by atoms with E-state index < -0.39 is 0 Å². The Kier molecular flexibility index (Phi) is 6.99. The van der Waals surface area contributed by atoms with Gasteiger partial charge in [0.15, 0.2) is 0 Å². The topological polar surface area (TPSA) is 43.1 Å². The van der Waals surface area contributed by atoms with Gasteiger partial charge in [-0.25, -0.2) is 0 Å². The van der Waals surface area contributed by atoms with E-state index in [1.165, 1.54) is 11.8 Å². The van der Waals surface area contributed by atoms with Gasteiger partial charge in [-0.15, -0.1) is 0 Å². The molecule has 12 heavy (non-hydrogen) atoms. The largest absolute Gasteiger partial charge is 0.321 e. The zero-order valence-corrected chi connectivity index (χ0v) is 9.50. The standard InChI is InChI=1S/C8H17NOS2/c1-6(2)12-8(10)7(9)4-5-11-3/h6-7H,4-5,9H2,1-3H3. The van der Waals surface area contributed by atoms with E-state index in [1.54, 1.807) is 11.8 Å². The third-order valence-corrected chi connectivity index (χ3v) is 2.94. The molecule has 0 aliphatic rings. The molecule has 1 atom stereocenters. The smallest absolute Gasteiger partial charge is 0.205 e. The van der Waals surface area contributed by atoms with Crippen LogP contribution in [0.2, 0.25) is 0 Å². The highest BCUT2D eigenvalue weighted by Gasteiger charge is 2.14. The zero-order chi connectivity index (χ0) is 9.56. The van der Waals surface area contributed by atoms with Crippen LogP contribution in [0.25, 0.3) is 0 Å². The first-order valence-electron chi connectivity index (χ1n) is 4.03. The van der Waals surface area contributed by atoms with Gasteiger partial charge < -0.3 is 5.73 Å². The molecule has 0 aromatic heterocycles. The van der Waals surface area contributed by atoms with Crippen molar-refractivity contribution in [2.24, 2.45) is 5.73 Å². The molecule has 0 aliphatic carbocycles. The van der Waals surface area contributed by atoms with Crippen LogP contribution in [0.15, 0.2) is 0 Å². The molecule has 1 unspecified atom stereocenters. The van der Waals surface area contributed by atoms with E-state index >= 15 is 0 Å². The van der Waals surface area contributed by atoms with Gasteiger partial charge >= 0.3 is 0 Å². The number of thioether (sulfide) groups is 2. The molecule has 2 N–H and O–H groups in total. The molecular weight excluding hydrogens is 190 g/mol. The molecule has 0 fully saturated rings. The third-order valence-electron chi connectivity index (χ3n) is 1.29. The molecule has 0 aromatic carbocycles. The molecule has 0 bridgehead atoms. The normalized spacial score (nSPS) is 13.4. The Morgan fingerprint density at radius 1 is 1.50 bits per heavy atom. The predicted molar refractivity (Wildman–Crippen MR) is 58.7 cm³/mol. The van der Waals surface area contributed by atoms with Crippen LogP contribution in [0.4, 0.5) is 0 Å². The van der Waals surface area contributed by atoms with Gasteiger partial charge in [-0.05, 0) is 18.4 Å². The highest BCUT2D eigenvalue weighted by atomic mass is 32.2. The minimum Gasteiger partial charge on any atom is -0.321 e. The molecule has 0 rings (SSSR count). The van der Waals surface area contributed by atoms with E-state index in [1.807, 2.05) is 20.1 Å². The fourth-order valence-electron chi connectivity index (χ4n) is 0.682. The van der Waals surface area contributed by atoms with Crippen molar-refractivity contribution >= 4 is 28.6 Å². The van der Waals surface area contributed by atoms with Crippen molar-refractivity contribution < 1.29 is 4.79 Å². The molecule has 0 spiro atoms. The zero-order valence-electron chi connectivity index (χ0n) is 7.87. The summed E-state index contributed by atoms with van der Waals surface area (Å²) in [5, 5.41) is 0.469. The average Bonchev–Trinajstić information content (AvgIpc) is 1.98. The summed E-state index contributed by atoms with van der Waals surface area (Å²) >= 11 is 3.06. The molecule has 2 nitrogen and oxygen atoms in total. The second-order valence-corrected chi connectivity index (χ2v) is 5.44. The SMILES string of the molecule is CSCCC(N)C(=O)SC(C)C. The summed E-state index contributed by atoms with van der Waals surface area (Å²) in [7, 11) is 0. The van der Waals surface area contributed by atoms with Crippen molar-refractivity contribution in [3.05, 3.63) is 0 Å². The predicted octanol–water partition coefficient (Wildman–Crippen LogP) is 1.73. The molecule has 72 valence electrons. The number of rotatable bonds is 5. The summed E-state index contributed by atoms with van der Waals surface area (Å²) in [6.45, 7) is 4.01. The summed E-state index contributed by atoms with van der Waals surface area (Å²) in [6.07, 6.45) is 2.81. The van der Waals surface area contributed by atoms with Crippen molar-refractivity contribution in [2.75, 3.05) is 12.0 Å². The van der Waals surface area contributed by atoms with Crippen LogP contribution < -0.4 is 5.73 Å². The molecule has 0 saturated carbocycles. The van der Waals surface area contributed by atoms with Crippen LogP contribution in [0, 0.1) is 0 Å². The van der Waals surface area contributed by atoms with Crippen LogP contribution in [0.3, 0.4) is 0 Å². The maximum atomic E-state index is 11.3. The van der Waals surface area contributed by atoms with Gasteiger partial charge in [0, 0.05) is 5.25 Å². The maximum absolute atomic E-state index is 11.3. The lowest BCUT2D eigenvalue weighted by molar-refractivity contribution is -0.112. The van der Waals surface area contributed by atoms with Gasteiger partial charge in [-0.1, -0.05) is 25.6 Å². The molecule has 4 heteroatoms. The average molecular weight is 207 g/mol. The van der Waals surface area contributed by atoms with Gasteiger partial charge in [0.1, 0.15) is 0 Å². The van der Waals surface area contributed by atoms with E-state index in [9.17, 15) is 4.79 Å². The van der Waals surface area contributed by atoms with Gasteiger partial charge in [0.25, 0.3) is 0 Å². The molecule has 0 radical (unpaired) electrons. The first kappa shape index (κ1) is 12.3. The lowest BCUT2D eigenvalue weighted by Crippen LogP contribution is -2.29. The Hall–Kier alpha value is 0.330. The molecule has 0 amide bonds. The first-order valence-corrected chi connectivity index (χ1v) is 6.30. The van der Waals surface area contributed by atoms with E-state index in [0.29, 0.717) is 5.25 Å².